The zero-order valence-corrected chi connectivity index (χ0v) is 29.6. The third-order valence-corrected chi connectivity index (χ3v) is 11.8. The highest BCUT2D eigenvalue weighted by molar-refractivity contribution is 8.00. The number of thiophene rings is 1. The number of carbonyl (C=O) groups excluding carboxylic acids is 3. The quantitative estimate of drug-likeness (QED) is 0.248. The number of carbonyl (C=O) groups is 3. The monoisotopic (exact) mass is 699 g/mol. The lowest BCUT2D eigenvalue weighted by atomic mass is 10.0. The first-order valence-electron chi connectivity index (χ1n) is 15.9. The number of thioether (sulfide) groups is 2. The summed E-state index contributed by atoms with van der Waals surface area (Å²) in [6, 6.07) is 17.4. The number of fused-ring (bicyclic) bond motifs is 3. The Morgan fingerprint density at radius 1 is 1.10 bits per heavy atom. The minimum Gasteiger partial charge on any atom is -0.444 e. The number of rotatable bonds is 6. The first-order valence-corrected chi connectivity index (χ1v) is 18.4. The van der Waals surface area contributed by atoms with Crippen LogP contribution in [0.2, 0.25) is 0 Å². The molecule has 0 saturated heterocycles. The molecule has 0 bridgehead atoms. The molecular weight excluding hydrogens is 663 g/mol. The van der Waals surface area contributed by atoms with Gasteiger partial charge in [-0.2, -0.15) is 5.26 Å². The van der Waals surface area contributed by atoms with Crippen molar-refractivity contribution in [1.29, 1.82) is 5.26 Å². The summed E-state index contributed by atoms with van der Waals surface area (Å²) in [7, 11) is 0. The number of nitriles is 1. The van der Waals surface area contributed by atoms with Gasteiger partial charge in [-0.25, -0.2) is 9.59 Å². The summed E-state index contributed by atoms with van der Waals surface area (Å²) >= 11 is 4.50. The van der Waals surface area contributed by atoms with E-state index in [-0.39, 0.29) is 23.2 Å². The third-order valence-electron chi connectivity index (χ3n) is 8.05. The van der Waals surface area contributed by atoms with E-state index in [2.05, 4.69) is 28.9 Å². The van der Waals surface area contributed by atoms with Crippen LogP contribution in [0.3, 0.4) is 0 Å². The van der Waals surface area contributed by atoms with E-state index in [0.29, 0.717) is 42.2 Å². The highest BCUT2D eigenvalue weighted by Crippen LogP contribution is 2.44. The summed E-state index contributed by atoms with van der Waals surface area (Å²) in [6.45, 7) is 8.21. The molecule has 2 aromatic carbocycles. The van der Waals surface area contributed by atoms with Gasteiger partial charge in [0, 0.05) is 26.9 Å². The summed E-state index contributed by atoms with van der Waals surface area (Å²) in [5, 5.41) is 16.3. The lowest BCUT2D eigenvalue weighted by Crippen LogP contribution is -2.49. The zero-order chi connectivity index (χ0) is 34.0. The normalized spacial score (nSPS) is 18.6. The maximum Gasteiger partial charge on any atom is 0.410 e. The van der Waals surface area contributed by atoms with Crippen molar-refractivity contribution < 1.29 is 19.1 Å². The van der Waals surface area contributed by atoms with E-state index < -0.39 is 16.9 Å². The van der Waals surface area contributed by atoms with E-state index in [1.165, 1.54) is 23.1 Å². The SMILES string of the molecule is CCC(Sc1cccc(NC(=O)N2c3ccccc3SC3C=CC=CC32)c1)C(=O)Nc1sc2c(c1C#N)CCN(C(=O)OC(C)(C)C)C2. The molecule has 12 heteroatoms. The van der Waals surface area contributed by atoms with Crippen LogP contribution in [0.25, 0.3) is 0 Å². The van der Waals surface area contributed by atoms with Crippen molar-refractivity contribution in [2.24, 2.45) is 0 Å². The van der Waals surface area contributed by atoms with Crippen molar-refractivity contribution in [1.82, 2.24) is 4.90 Å². The number of amides is 4. The molecule has 3 unspecified atom stereocenters. The Kier molecular flexibility index (Phi) is 9.92. The molecule has 2 aliphatic heterocycles. The zero-order valence-electron chi connectivity index (χ0n) is 27.2. The van der Waals surface area contributed by atoms with Crippen LogP contribution in [0.4, 0.5) is 26.0 Å². The predicted molar refractivity (Wildman–Crippen MR) is 194 cm³/mol. The molecule has 0 fully saturated rings. The fraction of sp³-hybridized carbons (Fsp3) is 0.333. The van der Waals surface area contributed by atoms with Gasteiger partial charge in [0.05, 0.1) is 34.3 Å². The molecule has 0 spiro atoms. The largest absolute Gasteiger partial charge is 0.444 e. The van der Waals surface area contributed by atoms with Crippen LogP contribution in [0.15, 0.2) is 82.6 Å². The number of urea groups is 1. The number of hydrogen-bond donors (Lipinski definition) is 2. The lowest BCUT2D eigenvalue weighted by molar-refractivity contribution is -0.115. The average Bonchev–Trinajstić information content (AvgIpc) is 3.41. The van der Waals surface area contributed by atoms with Crippen LogP contribution in [0, 0.1) is 11.3 Å². The number of benzene rings is 2. The van der Waals surface area contributed by atoms with Gasteiger partial charge >= 0.3 is 12.1 Å². The van der Waals surface area contributed by atoms with Gasteiger partial charge in [-0.1, -0.05) is 49.4 Å². The number of allylic oxidation sites excluding steroid dienone is 2. The van der Waals surface area contributed by atoms with E-state index in [4.69, 9.17) is 4.74 Å². The standard InChI is InChI=1S/C36H37N5O4S3/c1-5-28(32(42)39-33-25(20-37)24-17-18-40(21-31(24)48-33)35(44)45-36(2,3)4)46-23-12-10-11-22(19-23)38-34(43)41-26-13-6-8-15-29(26)47-30-16-9-7-14-27(30)41/h6-16,19,26,28-29H,5,17-18,21H2,1-4H3,(H,38,43)(H,39,42). The van der Waals surface area contributed by atoms with E-state index in [0.717, 1.165) is 25.9 Å². The first-order chi connectivity index (χ1) is 23.0. The predicted octanol–water partition coefficient (Wildman–Crippen LogP) is 8.43. The Hall–Kier alpha value is -4.18. The van der Waals surface area contributed by atoms with Crippen molar-refractivity contribution in [2.45, 2.75) is 79.0 Å². The number of nitrogens with one attached hydrogen (secondary N) is 2. The van der Waals surface area contributed by atoms with Crippen molar-refractivity contribution in [3.05, 3.63) is 88.8 Å². The van der Waals surface area contributed by atoms with Gasteiger partial charge in [-0.05, 0) is 69.5 Å². The van der Waals surface area contributed by atoms with Gasteiger partial charge in [-0.3, -0.25) is 9.69 Å². The van der Waals surface area contributed by atoms with Crippen molar-refractivity contribution in [3.8, 4) is 6.07 Å². The molecule has 3 aromatic rings. The van der Waals surface area contributed by atoms with E-state index in [1.807, 2.05) is 93.3 Å². The summed E-state index contributed by atoms with van der Waals surface area (Å²) in [5.41, 5.74) is 2.24. The Morgan fingerprint density at radius 2 is 1.90 bits per heavy atom. The number of anilines is 3. The summed E-state index contributed by atoms with van der Waals surface area (Å²) < 4.78 is 5.54. The van der Waals surface area contributed by atoms with Crippen LogP contribution in [0.5, 0.6) is 0 Å². The van der Waals surface area contributed by atoms with Crippen molar-refractivity contribution >= 4 is 69.3 Å². The maximum absolute atomic E-state index is 13.8. The minimum absolute atomic E-state index is 0.109. The molecular formula is C36H37N5O4S3. The Morgan fingerprint density at radius 3 is 2.67 bits per heavy atom. The lowest BCUT2D eigenvalue weighted by Gasteiger charge is -2.40. The van der Waals surface area contributed by atoms with Crippen molar-refractivity contribution in [2.75, 3.05) is 22.1 Å². The number of ether oxygens (including phenoxy) is 1. The molecule has 2 N–H and O–H groups in total. The third kappa shape index (κ3) is 7.28. The van der Waals surface area contributed by atoms with Crippen LogP contribution < -0.4 is 15.5 Å². The summed E-state index contributed by atoms with van der Waals surface area (Å²) in [4.78, 5) is 46.2. The van der Waals surface area contributed by atoms with Gasteiger partial charge in [0.15, 0.2) is 0 Å². The number of nitrogens with zero attached hydrogens (tertiary/aromatic N) is 3. The topological polar surface area (TPSA) is 115 Å². The smallest absolute Gasteiger partial charge is 0.410 e. The van der Waals surface area contributed by atoms with E-state index in [9.17, 15) is 19.6 Å². The molecule has 0 radical (unpaired) electrons. The van der Waals surface area contributed by atoms with Gasteiger partial charge in [0.2, 0.25) is 5.91 Å². The van der Waals surface area contributed by atoms with Crippen LogP contribution in [-0.2, 0) is 22.5 Å². The molecule has 48 heavy (non-hydrogen) atoms. The maximum atomic E-state index is 13.8. The van der Waals surface area contributed by atoms with Gasteiger partial charge in [0.1, 0.15) is 16.7 Å². The molecule has 1 aliphatic carbocycles. The minimum atomic E-state index is -0.603. The molecule has 3 aliphatic rings. The number of para-hydroxylation sites is 1. The van der Waals surface area contributed by atoms with E-state index >= 15 is 0 Å². The van der Waals surface area contributed by atoms with Gasteiger partial charge in [0.25, 0.3) is 0 Å². The molecule has 3 heterocycles. The van der Waals surface area contributed by atoms with Crippen LogP contribution in [-0.4, -0.2) is 51.6 Å². The fourth-order valence-electron chi connectivity index (χ4n) is 5.83. The molecule has 6 rings (SSSR count). The summed E-state index contributed by atoms with van der Waals surface area (Å²) in [6.07, 6.45) is 8.87. The Bertz CT molecular complexity index is 1840. The second kappa shape index (κ2) is 14.1. The van der Waals surface area contributed by atoms with Gasteiger partial charge < -0.3 is 20.3 Å². The van der Waals surface area contributed by atoms with Crippen LogP contribution in [0.1, 0.15) is 50.1 Å². The molecule has 3 atom stereocenters. The highest BCUT2D eigenvalue weighted by atomic mass is 32.2. The summed E-state index contributed by atoms with van der Waals surface area (Å²) in [5.74, 6) is -0.207. The Balaban J connectivity index is 1.13. The first kappa shape index (κ1) is 33.7. The number of hydrogen-bond acceptors (Lipinski definition) is 8. The molecule has 4 amide bonds. The van der Waals surface area contributed by atoms with Crippen molar-refractivity contribution in [3.63, 3.8) is 0 Å². The average molecular weight is 700 g/mol. The fourth-order valence-corrected chi connectivity index (χ4v) is 9.32. The molecule has 1 aromatic heterocycles. The highest BCUT2D eigenvalue weighted by Gasteiger charge is 2.37. The van der Waals surface area contributed by atoms with Gasteiger partial charge in [-0.15, -0.1) is 34.9 Å². The molecule has 9 nitrogen and oxygen atoms in total. The van der Waals surface area contributed by atoms with E-state index in [1.54, 1.807) is 16.7 Å². The Labute approximate surface area is 293 Å². The van der Waals surface area contributed by atoms with Crippen LogP contribution >= 0.6 is 34.9 Å². The second-order valence-corrected chi connectivity index (χ2v) is 16.2. The second-order valence-electron chi connectivity index (χ2n) is 12.6. The molecule has 248 valence electrons. The molecule has 0 saturated carbocycles.